The summed E-state index contributed by atoms with van der Waals surface area (Å²) < 4.78 is 26.9. The molecule has 0 saturated carbocycles. The van der Waals surface area contributed by atoms with Gasteiger partial charge in [-0.3, -0.25) is 14.4 Å². The van der Waals surface area contributed by atoms with E-state index in [0.717, 1.165) is 6.29 Å². The molecule has 27 heavy (non-hydrogen) atoms. The van der Waals surface area contributed by atoms with Crippen molar-refractivity contribution in [1.29, 1.82) is 0 Å². The summed E-state index contributed by atoms with van der Waals surface area (Å²) in [6, 6.07) is 0. The van der Waals surface area contributed by atoms with E-state index in [9.17, 15) is 19.2 Å². The molecule has 0 bridgehead atoms. The first-order chi connectivity index (χ1) is 12.5. The van der Waals surface area contributed by atoms with Crippen molar-refractivity contribution in [2.24, 2.45) is 5.41 Å². The smallest absolute Gasteiger partial charge is 0.303 e. The molecule has 0 radical (unpaired) electrons. The molecule has 0 amide bonds. The highest BCUT2D eigenvalue weighted by molar-refractivity contribution is 5.67. The third-order valence-electron chi connectivity index (χ3n) is 3.92. The Labute approximate surface area is 158 Å². The van der Waals surface area contributed by atoms with Crippen LogP contribution >= 0.6 is 0 Å². The fourth-order valence-electron chi connectivity index (χ4n) is 2.52. The van der Waals surface area contributed by atoms with E-state index in [4.69, 9.17) is 23.7 Å². The van der Waals surface area contributed by atoms with Gasteiger partial charge in [-0.25, -0.2) is 0 Å². The second-order valence-electron chi connectivity index (χ2n) is 7.09. The average molecular weight is 388 g/mol. The lowest BCUT2D eigenvalue weighted by molar-refractivity contribution is -0.267. The van der Waals surface area contributed by atoms with Gasteiger partial charge in [0.25, 0.3) is 0 Å². The van der Waals surface area contributed by atoms with Crippen LogP contribution in [0.2, 0.25) is 0 Å². The number of hydrogen-bond acceptors (Lipinski definition) is 9. The van der Waals surface area contributed by atoms with E-state index in [1.165, 1.54) is 20.8 Å². The Kier molecular flexibility index (Phi) is 8.84. The standard InChI is InChI=1S/C18H28O9/c1-11(20)24-9-15-17(26-13(3)22)14(25-12(2)21)8-16(27-15)23-7-6-18(4,5)10-19/h10,14-17H,6-9H2,1-5H3. The summed E-state index contributed by atoms with van der Waals surface area (Å²) in [4.78, 5) is 45.0. The maximum Gasteiger partial charge on any atom is 0.303 e. The van der Waals surface area contributed by atoms with Gasteiger partial charge in [-0.2, -0.15) is 0 Å². The molecule has 0 aromatic rings. The molecule has 9 nitrogen and oxygen atoms in total. The number of ether oxygens (including phenoxy) is 5. The molecule has 0 spiro atoms. The van der Waals surface area contributed by atoms with Crippen molar-refractivity contribution in [1.82, 2.24) is 0 Å². The predicted octanol–water partition coefficient (Wildman–Crippen LogP) is 1.16. The molecule has 0 N–H and O–H groups in total. The lowest BCUT2D eigenvalue weighted by Crippen LogP contribution is -2.54. The minimum Gasteiger partial charge on any atom is -0.463 e. The lowest BCUT2D eigenvalue weighted by Gasteiger charge is -2.40. The highest BCUT2D eigenvalue weighted by atomic mass is 16.7. The lowest BCUT2D eigenvalue weighted by atomic mass is 9.92. The number of rotatable bonds is 9. The van der Waals surface area contributed by atoms with Gasteiger partial charge >= 0.3 is 17.9 Å². The van der Waals surface area contributed by atoms with Crippen LogP contribution < -0.4 is 0 Å². The minimum absolute atomic E-state index is 0.135. The Hall–Kier alpha value is -2.00. The second kappa shape index (κ2) is 10.4. The van der Waals surface area contributed by atoms with E-state index in [-0.39, 0.29) is 19.6 Å². The zero-order valence-electron chi connectivity index (χ0n) is 16.4. The molecule has 1 fully saturated rings. The van der Waals surface area contributed by atoms with Crippen molar-refractivity contribution >= 4 is 24.2 Å². The van der Waals surface area contributed by atoms with Crippen LogP contribution in [-0.2, 0) is 42.9 Å². The van der Waals surface area contributed by atoms with Gasteiger partial charge in [0.15, 0.2) is 12.4 Å². The zero-order valence-corrected chi connectivity index (χ0v) is 16.4. The normalized spacial score (nSPS) is 25.4. The third-order valence-corrected chi connectivity index (χ3v) is 3.92. The molecule has 1 heterocycles. The summed E-state index contributed by atoms with van der Waals surface area (Å²) in [5.74, 6) is -1.66. The molecular weight excluding hydrogens is 360 g/mol. The largest absolute Gasteiger partial charge is 0.463 e. The number of hydrogen-bond donors (Lipinski definition) is 0. The molecule has 1 rings (SSSR count). The Balaban J connectivity index is 2.85. The van der Waals surface area contributed by atoms with Crippen molar-refractivity contribution in [2.75, 3.05) is 13.2 Å². The summed E-state index contributed by atoms with van der Waals surface area (Å²) in [6.45, 7) is 7.32. The van der Waals surface area contributed by atoms with Crippen LogP contribution in [0.1, 0.15) is 47.5 Å². The van der Waals surface area contributed by atoms with Crippen molar-refractivity contribution in [3.05, 3.63) is 0 Å². The van der Waals surface area contributed by atoms with E-state index >= 15 is 0 Å². The zero-order chi connectivity index (χ0) is 20.6. The molecule has 154 valence electrons. The molecule has 4 unspecified atom stereocenters. The Morgan fingerprint density at radius 3 is 2.22 bits per heavy atom. The Morgan fingerprint density at radius 2 is 1.70 bits per heavy atom. The fourth-order valence-corrected chi connectivity index (χ4v) is 2.52. The molecule has 1 aliphatic heterocycles. The van der Waals surface area contributed by atoms with Gasteiger partial charge in [-0.05, 0) is 6.42 Å². The van der Waals surface area contributed by atoms with Gasteiger partial charge in [0.2, 0.25) is 0 Å². The number of aldehydes is 1. The molecular formula is C18H28O9. The highest BCUT2D eigenvalue weighted by Gasteiger charge is 2.44. The SMILES string of the molecule is CC(=O)OCC1OC(OCCC(C)(C)C=O)CC(OC(C)=O)C1OC(C)=O. The molecule has 1 aliphatic rings. The summed E-state index contributed by atoms with van der Waals surface area (Å²) in [7, 11) is 0. The van der Waals surface area contributed by atoms with Gasteiger partial charge in [-0.1, -0.05) is 13.8 Å². The monoisotopic (exact) mass is 388 g/mol. The highest BCUT2D eigenvalue weighted by Crippen LogP contribution is 2.28. The number of carbonyl (C=O) groups is 4. The van der Waals surface area contributed by atoms with Crippen LogP contribution in [0.3, 0.4) is 0 Å². The molecule has 0 aromatic carbocycles. The summed E-state index contributed by atoms with van der Waals surface area (Å²) in [6.07, 6.45) is -1.93. The molecule has 1 saturated heterocycles. The molecule has 0 aliphatic carbocycles. The predicted molar refractivity (Wildman–Crippen MR) is 91.4 cm³/mol. The first-order valence-corrected chi connectivity index (χ1v) is 8.75. The molecule has 0 aromatic heterocycles. The Bertz CT molecular complexity index is 543. The van der Waals surface area contributed by atoms with E-state index < -0.39 is 47.9 Å². The summed E-state index contributed by atoms with van der Waals surface area (Å²) in [5.41, 5.74) is -0.540. The van der Waals surface area contributed by atoms with E-state index in [1.807, 2.05) is 0 Å². The van der Waals surface area contributed by atoms with E-state index in [1.54, 1.807) is 13.8 Å². The van der Waals surface area contributed by atoms with Crippen LogP contribution in [-0.4, -0.2) is 62.0 Å². The first kappa shape index (κ1) is 23.0. The van der Waals surface area contributed by atoms with Gasteiger partial charge in [0.05, 0.1) is 6.61 Å². The van der Waals surface area contributed by atoms with Crippen LogP contribution in [0.4, 0.5) is 0 Å². The average Bonchev–Trinajstić information content (AvgIpc) is 2.54. The van der Waals surface area contributed by atoms with Crippen molar-refractivity contribution in [2.45, 2.75) is 72.1 Å². The first-order valence-electron chi connectivity index (χ1n) is 8.75. The maximum atomic E-state index is 11.4. The Morgan fingerprint density at radius 1 is 1.07 bits per heavy atom. The van der Waals surface area contributed by atoms with Crippen molar-refractivity contribution in [3.63, 3.8) is 0 Å². The van der Waals surface area contributed by atoms with Crippen molar-refractivity contribution < 1.29 is 42.9 Å². The van der Waals surface area contributed by atoms with E-state index in [0.29, 0.717) is 6.42 Å². The van der Waals surface area contributed by atoms with Crippen molar-refractivity contribution in [3.8, 4) is 0 Å². The van der Waals surface area contributed by atoms with Gasteiger partial charge < -0.3 is 28.5 Å². The van der Waals surface area contributed by atoms with Crippen LogP contribution in [0.5, 0.6) is 0 Å². The fraction of sp³-hybridized carbons (Fsp3) is 0.778. The number of carbonyl (C=O) groups excluding carboxylic acids is 4. The maximum absolute atomic E-state index is 11.4. The van der Waals surface area contributed by atoms with Crippen LogP contribution in [0.15, 0.2) is 0 Å². The van der Waals surface area contributed by atoms with Crippen LogP contribution in [0.25, 0.3) is 0 Å². The van der Waals surface area contributed by atoms with Gasteiger partial charge in [0, 0.05) is 32.6 Å². The molecule has 4 atom stereocenters. The molecule has 9 heteroatoms. The topological polar surface area (TPSA) is 114 Å². The van der Waals surface area contributed by atoms with Crippen LogP contribution in [0, 0.1) is 5.41 Å². The summed E-state index contributed by atoms with van der Waals surface area (Å²) in [5, 5.41) is 0. The summed E-state index contributed by atoms with van der Waals surface area (Å²) >= 11 is 0. The van der Waals surface area contributed by atoms with E-state index in [2.05, 4.69) is 0 Å². The van der Waals surface area contributed by atoms with Gasteiger partial charge in [-0.15, -0.1) is 0 Å². The van der Waals surface area contributed by atoms with Gasteiger partial charge in [0.1, 0.15) is 25.1 Å². The number of esters is 3. The quantitative estimate of drug-likeness (QED) is 0.326. The second-order valence-corrected chi connectivity index (χ2v) is 7.09. The third kappa shape index (κ3) is 8.49. The minimum atomic E-state index is -0.933.